The molecule has 0 saturated carbocycles. The SMILES string of the molecule is CCOc1ccc(-c2n[nH]c(=S)n2N/N=C/c2ccc(O)cc2)cc1. The maximum absolute atomic E-state index is 9.28. The molecule has 1 aromatic heterocycles. The molecule has 0 aliphatic rings. The summed E-state index contributed by atoms with van der Waals surface area (Å²) >= 11 is 5.24. The van der Waals surface area contributed by atoms with Crippen LogP contribution in [0.25, 0.3) is 11.4 Å². The first-order valence-electron chi connectivity index (χ1n) is 7.66. The molecular formula is C17H17N5O2S. The number of phenols is 1. The number of aromatic hydroxyl groups is 1. The first-order chi connectivity index (χ1) is 12.2. The highest BCUT2D eigenvalue weighted by molar-refractivity contribution is 7.71. The number of benzene rings is 2. The lowest BCUT2D eigenvalue weighted by Crippen LogP contribution is -2.10. The van der Waals surface area contributed by atoms with E-state index in [1.807, 2.05) is 31.2 Å². The van der Waals surface area contributed by atoms with Crippen LogP contribution in [0, 0.1) is 4.77 Å². The Morgan fingerprint density at radius 1 is 1.24 bits per heavy atom. The van der Waals surface area contributed by atoms with Gasteiger partial charge in [0, 0.05) is 5.56 Å². The van der Waals surface area contributed by atoms with E-state index in [1.54, 1.807) is 35.2 Å². The van der Waals surface area contributed by atoms with Gasteiger partial charge in [0.15, 0.2) is 5.82 Å². The number of hydrogen-bond acceptors (Lipinski definition) is 6. The van der Waals surface area contributed by atoms with Gasteiger partial charge < -0.3 is 9.84 Å². The van der Waals surface area contributed by atoms with E-state index in [-0.39, 0.29) is 5.75 Å². The Bertz CT molecular complexity index is 913. The van der Waals surface area contributed by atoms with Crippen LogP contribution < -0.4 is 10.3 Å². The smallest absolute Gasteiger partial charge is 0.216 e. The summed E-state index contributed by atoms with van der Waals surface area (Å²) in [7, 11) is 0. The van der Waals surface area contributed by atoms with Crippen molar-refractivity contribution >= 4 is 18.4 Å². The summed E-state index contributed by atoms with van der Waals surface area (Å²) < 4.78 is 7.41. The first kappa shape index (κ1) is 16.7. The zero-order chi connectivity index (χ0) is 17.6. The van der Waals surface area contributed by atoms with Gasteiger partial charge in [-0.05, 0) is 73.2 Å². The highest BCUT2D eigenvalue weighted by atomic mass is 32.1. The van der Waals surface area contributed by atoms with Crippen molar-refractivity contribution in [2.24, 2.45) is 5.10 Å². The monoisotopic (exact) mass is 355 g/mol. The van der Waals surface area contributed by atoms with Crippen LogP contribution >= 0.6 is 12.2 Å². The normalized spacial score (nSPS) is 10.9. The number of rotatable bonds is 6. The van der Waals surface area contributed by atoms with Crippen LogP contribution in [0.1, 0.15) is 12.5 Å². The van der Waals surface area contributed by atoms with Crippen LogP contribution in [-0.2, 0) is 0 Å². The number of phenolic OH excluding ortho intramolecular Hbond substituents is 1. The summed E-state index contributed by atoms with van der Waals surface area (Å²) in [6.45, 7) is 2.56. The fourth-order valence-electron chi connectivity index (χ4n) is 2.17. The quantitative estimate of drug-likeness (QED) is 0.359. The lowest BCUT2D eigenvalue weighted by molar-refractivity contribution is 0.340. The second kappa shape index (κ2) is 7.63. The third kappa shape index (κ3) is 4.04. The minimum absolute atomic E-state index is 0.208. The van der Waals surface area contributed by atoms with E-state index < -0.39 is 0 Å². The van der Waals surface area contributed by atoms with Gasteiger partial charge in [-0.25, -0.2) is 10.6 Å². The number of H-pyrrole nitrogens is 1. The van der Waals surface area contributed by atoms with E-state index >= 15 is 0 Å². The standard InChI is InChI=1S/C17H17N5O2S/c1-2-24-15-9-5-13(6-10-15)16-19-20-17(25)22(16)21-18-11-12-3-7-14(23)8-4-12/h3-11,21,23H,2H2,1H3,(H,20,25)/b18-11+. The second-order valence-electron chi connectivity index (χ2n) is 5.09. The van der Waals surface area contributed by atoms with Crippen molar-refractivity contribution in [1.82, 2.24) is 14.9 Å². The summed E-state index contributed by atoms with van der Waals surface area (Å²) in [5.41, 5.74) is 4.56. The van der Waals surface area contributed by atoms with Crippen molar-refractivity contribution in [2.75, 3.05) is 12.1 Å². The van der Waals surface area contributed by atoms with Gasteiger partial charge in [0.25, 0.3) is 0 Å². The van der Waals surface area contributed by atoms with Gasteiger partial charge in [-0.2, -0.15) is 14.9 Å². The highest BCUT2D eigenvalue weighted by Gasteiger charge is 2.08. The Morgan fingerprint density at radius 3 is 2.64 bits per heavy atom. The zero-order valence-corrected chi connectivity index (χ0v) is 14.3. The third-order valence-corrected chi connectivity index (χ3v) is 3.63. The molecule has 3 rings (SSSR count). The molecule has 1 heterocycles. The number of ether oxygens (including phenoxy) is 1. The predicted molar refractivity (Wildman–Crippen MR) is 99.1 cm³/mol. The summed E-state index contributed by atoms with van der Waals surface area (Å²) in [6.07, 6.45) is 1.62. The van der Waals surface area contributed by atoms with Crippen LogP contribution in [0.3, 0.4) is 0 Å². The topological polar surface area (TPSA) is 87.5 Å². The van der Waals surface area contributed by atoms with Gasteiger partial charge in [-0.1, -0.05) is 0 Å². The van der Waals surface area contributed by atoms with Gasteiger partial charge in [-0.15, -0.1) is 0 Å². The fourth-order valence-corrected chi connectivity index (χ4v) is 2.34. The Labute approximate surface area is 149 Å². The summed E-state index contributed by atoms with van der Waals surface area (Å²) in [5, 5.41) is 20.4. The van der Waals surface area contributed by atoms with Crippen molar-refractivity contribution < 1.29 is 9.84 Å². The van der Waals surface area contributed by atoms with Crippen molar-refractivity contribution in [3.63, 3.8) is 0 Å². The Kier molecular flexibility index (Phi) is 5.10. The number of nitrogens with zero attached hydrogens (tertiary/aromatic N) is 3. The second-order valence-corrected chi connectivity index (χ2v) is 5.48. The molecule has 25 heavy (non-hydrogen) atoms. The maximum Gasteiger partial charge on any atom is 0.216 e. The van der Waals surface area contributed by atoms with Crippen molar-refractivity contribution in [3.05, 3.63) is 58.9 Å². The molecule has 0 unspecified atom stereocenters. The summed E-state index contributed by atoms with van der Waals surface area (Å²) in [4.78, 5) is 0. The minimum Gasteiger partial charge on any atom is -0.508 e. The van der Waals surface area contributed by atoms with E-state index in [0.29, 0.717) is 17.2 Å². The molecule has 0 amide bonds. The van der Waals surface area contributed by atoms with Crippen LogP contribution in [0.5, 0.6) is 11.5 Å². The van der Waals surface area contributed by atoms with E-state index in [9.17, 15) is 5.11 Å². The Morgan fingerprint density at radius 2 is 1.96 bits per heavy atom. The lowest BCUT2D eigenvalue weighted by atomic mass is 10.2. The molecule has 0 radical (unpaired) electrons. The first-order valence-corrected chi connectivity index (χ1v) is 8.07. The van der Waals surface area contributed by atoms with Gasteiger partial charge in [0.1, 0.15) is 11.5 Å². The van der Waals surface area contributed by atoms with Crippen LogP contribution in [0.4, 0.5) is 0 Å². The van der Waals surface area contributed by atoms with Crippen molar-refractivity contribution in [2.45, 2.75) is 6.92 Å². The average Bonchev–Trinajstić information content (AvgIpc) is 2.99. The molecule has 3 N–H and O–H groups in total. The lowest BCUT2D eigenvalue weighted by Gasteiger charge is -2.07. The Hall–Kier alpha value is -3.13. The molecule has 0 saturated heterocycles. The fraction of sp³-hybridized carbons (Fsp3) is 0.118. The minimum atomic E-state index is 0.208. The van der Waals surface area contributed by atoms with Crippen LogP contribution in [0.15, 0.2) is 53.6 Å². The van der Waals surface area contributed by atoms with Crippen molar-refractivity contribution in [3.8, 4) is 22.9 Å². The molecule has 128 valence electrons. The Balaban J connectivity index is 1.79. The maximum atomic E-state index is 9.28. The van der Waals surface area contributed by atoms with E-state index in [0.717, 1.165) is 16.9 Å². The molecule has 8 heteroatoms. The van der Waals surface area contributed by atoms with Gasteiger partial charge in [-0.3, -0.25) is 0 Å². The van der Waals surface area contributed by atoms with E-state index in [4.69, 9.17) is 17.0 Å². The molecule has 7 nitrogen and oxygen atoms in total. The third-order valence-electron chi connectivity index (χ3n) is 3.36. The van der Waals surface area contributed by atoms with E-state index in [1.165, 1.54) is 0 Å². The van der Waals surface area contributed by atoms with Gasteiger partial charge in [0.2, 0.25) is 4.77 Å². The number of aromatic nitrogens is 3. The van der Waals surface area contributed by atoms with Gasteiger partial charge in [0.05, 0.1) is 12.8 Å². The largest absolute Gasteiger partial charge is 0.508 e. The molecule has 0 aliphatic heterocycles. The number of hydrazone groups is 1. The number of nitrogens with one attached hydrogen (secondary N) is 2. The van der Waals surface area contributed by atoms with E-state index in [2.05, 4.69) is 20.8 Å². The molecule has 0 aliphatic carbocycles. The summed E-state index contributed by atoms with van der Waals surface area (Å²) in [6, 6.07) is 14.2. The van der Waals surface area contributed by atoms with Crippen LogP contribution in [0.2, 0.25) is 0 Å². The molecular weight excluding hydrogens is 338 g/mol. The zero-order valence-electron chi connectivity index (χ0n) is 13.5. The van der Waals surface area contributed by atoms with Crippen molar-refractivity contribution in [1.29, 1.82) is 0 Å². The molecule has 0 fully saturated rings. The predicted octanol–water partition coefficient (Wildman–Crippen LogP) is 3.29. The molecule has 0 spiro atoms. The number of hydrogen-bond donors (Lipinski definition) is 3. The van der Waals surface area contributed by atoms with Crippen LogP contribution in [-0.4, -0.2) is 32.8 Å². The number of aromatic amines is 1. The molecule has 0 bridgehead atoms. The average molecular weight is 355 g/mol. The highest BCUT2D eigenvalue weighted by Crippen LogP contribution is 2.20. The molecule has 2 aromatic carbocycles. The summed E-state index contributed by atoms with van der Waals surface area (Å²) in [5.74, 6) is 1.61. The molecule has 3 aromatic rings. The van der Waals surface area contributed by atoms with Gasteiger partial charge >= 0.3 is 0 Å². The molecule has 0 atom stereocenters.